The maximum absolute atomic E-state index is 12.2. The summed E-state index contributed by atoms with van der Waals surface area (Å²) in [5, 5.41) is 0. The zero-order chi connectivity index (χ0) is 13.2. The Kier molecular flexibility index (Phi) is 3.58. The molecular formula is C15H14ClNOS. The Morgan fingerprint density at radius 2 is 2.11 bits per heavy atom. The summed E-state index contributed by atoms with van der Waals surface area (Å²) in [4.78, 5) is 15.2. The van der Waals surface area contributed by atoms with E-state index in [0.717, 1.165) is 24.3 Å². The molecule has 2 nitrogen and oxygen atoms in total. The van der Waals surface area contributed by atoms with Crippen LogP contribution in [0.5, 0.6) is 0 Å². The second-order valence-corrected chi connectivity index (χ2v) is 6.40. The molecule has 19 heavy (non-hydrogen) atoms. The highest BCUT2D eigenvalue weighted by atomic mass is 35.5. The molecule has 1 aliphatic rings. The molecule has 0 saturated carbocycles. The summed E-state index contributed by atoms with van der Waals surface area (Å²) in [6.45, 7) is 1.38. The van der Waals surface area contributed by atoms with Gasteiger partial charge in [0.15, 0.2) is 5.78 Å². The lowest BCUT2D eigenvalue weighted by molar-refractivity contribution is 0.100. The van der Waals surface area contributed by atoms with Gasteiger partial charge in [0.25, 0.3) is 0 Å². The average molecular weight is 292 g/mol. The Labute approximate surface area is 121 Å². The summed E-state index contributed by atoms with van der Waals surface area (Å²) >= 11 is 7.24. The van der Waals surface area contributed by atoms with Gasteiger partial charge in [-0.1, -0.05) is 29.8 Å². The minimum absolute atomic E-state index is 0.147. The maximum atomic E-state index is 12.2. The van der Waals surface area contributed by atoms with Gasteiger partial charge in [0.2, 0.25) is 0 Å². The van der Waals surface area contributed by atoms with Gasteiger partial charge < -0.3 is 4.90 Å². The van der Waals surface area contributed by atoms with Crippen molar-refractivity contribution in [2.24, 2.45) is 0 Å². The molecule has 3 rings (SSSR count). The molecule has 1 aliphatic heterocycles. The molecule has 1 aromatic heterocycles. The summed E-state index contributed by atoms with van der Waals surface area (Å²) in [5.41, 5.74) is 2.54. The highest BCUT2D eigenvalue weighted by Crippen LogP contribution is 2.28. The quantitative estimate of drug-likeness (QED) is 0.796. The normalized spacial score (nSPS) is 14.3. The van der Waals surface area contributed by atoms with Crippen molar-refractivity contribution in [3.63, 3.8) is 0 Å². The second kappa shape index (κ2) is 5.35. The van der Waals surface area contributed by atoms with Gasteiger partial charge in [0, 0.05) is 12.2 Å². The summed E-state index contributed by atoms with van der Waals surface area (Å²) in [5.74, 6) is 0.147. The van der Waals surface area contributed by atoms with Crippen LogP contribution in [0.2, 0.25) is 4.34 Å². The van der Waals surface area contributed by atoms with E-state index in [1.54, 1.807) is 6.07 Å². The number of aryl methyl sites for hydroxylation is 1. The Morgan fingerprint density at radius 3 is 2.89 bits per heavy atom. The van der Waals surface area contributed by atoms with E-state index < -0.39 is 0 Å². The van der Waals surface area contributed by atoms with Crippen molar-refractivity contribution >= 4 is 34.4 Å². The first-order valence-electron chi connectivity index (χ1n) is 6.35. The van der Waals surface area contributed by atoms with Gasteiger partial charge in [0.1, 0.15) is 0 Å². The Bertz CT molecular complexity index is 608. The largest absolute Gasteiger partial charge is 0.364 e. The number of fused-ring (bicyclic) bond motifs is 1. The number of carbonyl (C=O) groups is 1. The molecule has 0 fully saturated rings. The molecule has 4 heteroatoms. The number of carbonyl (C=O) groups excluding carboxylic acids is 1. The number of benzene rings is 1. The van der Waals surface area contributed by atoms with E-state index in [0.29, 0.717) is 10.9 Å². The maximum Gasteiger partial charge on any atom is 0.192 e. The number of hydrogen-bond donors (Lipinski definition) is 0. The molecule has 2 heterocycles. The predicted molar refractivity (Wildman–Crippen MR) is 80.6 cm³/mol. The van der Waals surface area contributed by atoms with Crippen LogP contribution in [0.1, 0.15) is 21.7 Å². The number of nitrogens with zero attached hydrogens (tertiary/aromatic N) is 1. The monoisotopic (exact) mass is 291 g/mol. The lowest BCUT2D eigenvalue weighted by Gasteiger charge is -2.30. The number of halogens is 1. The molecule has 0 atom stereocenters. The van der Waals surface area contributed by atoms with Crippen LogP contribution in [0, 0.1) is 0 Å². The Balaban J connectivity index is 1.79. The first kappa shape index (κ1) is 12.7. The van der Waals surface area contributed by atoms with Gasteiger partial charge in [-0.05, 0) is 36.6 Å². The fourth-order valence-electron chi connectivity index (χ4n) is 2.49. The van der Waals surface area contributed by atoms with Crippen molar-refractivity contribution in [1.29, 1.82) is 0 Å². The van der Waals surface area contributed by atoms with Crippen LogP contribution in [0.3, 0.4) is 0 Å². The highest BCUT2D eigenvalue weighted by Gasteiger charge is 2.19. The Hall–Kier alpha value is -1.32. The molecule has 1 aromatic carbocycles. The van der Waals surface area contributed by atoms with E-state index in [-0.39, 0.29) is 5.78 Å². The van der Waals surface area contributed by atoms with E-state index in [1.807, 2.05) is 12.1 Å². The zero-order valence-corrected chi connectivity index (χ0v) is 12.0. The summed E-state index contributed by atoms with van der Waals surface area (Å²) < 4.78 is 0.669. The van der Waals surface area contributed by atoms with Crippen molar-refractivity contribution in [2.75, 3.05) is 18.0 Å². The standard InChI is InChI=1S/C15H14ClNOS/c16-15-8-7-14(19-15)13(18)10-17-9-3-5-11-4-1-2-6-12(11)17/h1-2,4,6-8H,3,5,9-10H2. The van der Waals surface area contributed by atoms with Crippen molar-refractivity contribution in [3.8, 4) is 0 Å². The zero-order valence-electron chi connectivity index (χ0n) is 10.4. The van der Waals surface area contributed by atoms with E-state index in [2.05, 4.69) is 23.1 Å². The molecule has 0 spiro atoms. The molecular weight excluding hydrogens is 278 g/mol. The summed E-state index contributed by atoms with van der Waals surface area (Å²) in [6, 6.07) is 11.9. The number of rotatable bonds is 3. The van der Waals surface area contributed by atoms with Crippen LogP contribution in [-0.4, -0.2) is 18.9 Å². The lowest BCUT2D eigenvalue weighted by atomic mass is 10.0. The topological polar surface area (TPSA) is 20.3 Å². The minimum Gasteiger partial charge on any atom is -0.364 e. The van der Waals surface area contributed by atoms with Crippen molar-refractivity contribution in [2.45, 2.75) is 12.8 Å². The third-order valence-corrected chi connectivity index (χ3v) is 4.66. The number of Topliss-reactive ketones (excluding diaryl/α,β-unsaturated/α-hetero) is 1. The highest BCUT2D eigenvalue weighted by molar-refractivity contribution is 7.18. The lowest BCUT2D eigenvalue weighted by Crippen LogP contribution is -2.34. The van der Waals surface area contributed by atoms with Crippen molar-refractivity contribution in [3.05, 3.63) is 51.2 Å². The van der Waals surface area contributed by atoms with Crippen LogP contribution >= 0.6 is 22.9 Å². The molecule has 0 N–H and O–H groups in total. The van der Waals surface area contributed by atoms with E-state index in [4.69, 9.17) is 11.6 Å². The number of hydrogen-bond acceptors (Lipinski definition) is 3. The van der Waals surface area contributed by atoms with Gasteiger partial charge in [0.05, 0.1) is 15.8 Å². The number of thiophene rings is 1. The van der Waals surface area contributed by atoms with Gasteiger partial charge in [-0.2, -0.15) is 0 Å². The second-order valence-electron chi connectivity index (χ2n) is 4.68. The predicted octanol–water partition coefficient (Wildman–Crippen LogP) is 4.04. The van der Waals surface area contributed by atoms with Gasteiger partial charge in [-0.15, -0.1) is 11.3 Å². The smallest absolute Gasteiger partial charge is 0.192 e. The van der Waals surface area contributed by atoms with Crippen molar-refractivity contribution in [1.82, 2.24) is 0 Å². The minimum atomic E-state index is 0.147. The fourth-order valence-corrected chi connectivity index (χ4v) is 3.46. The van der Waals surface area contributed by atoms with Crippen LogP contribution < -0.4 is 4.90 Å². The molecule has 98 valence electrons. The van der Waals surface area contributed by atoms with Crippen LogP contribution in [-0.2, 0) is 6.42 Å². The van der Waals surface area contributed by atoms with E-state index in [1.165, 1.54) is 22.6 Å². The molecule has 2 aromatic rings. The van der Waals surface area contributed by atoms with E-state index >= 15 is 0 Å². The molecule has 0 saturated heterocycles. The van der Waals surface area contributed by atoms with Gasteiger partial charge in [-0.25, -0.2) is 0 Å². The van der Waals surface area contributed by atoms with Crippen LogP contribution in [0.25, 0.3) is 0 Å². The van der Waals surface area contributed by atoms with Gasteiger partial charge >= 0.3 is 0 Å². The van der Waals surface area contributed by atoms with E-state index in [9.17, 15) is 4.79 Å². The summed E-state index contributed by atoms with van der Waals surface area (Å²) in [7, 11) is 0. The van der Waals surface area contributed by atoms with Crippen LogP contribution in [0.4, 0.5) is 5.69 Å². The van der Waals surface area contributed by atoms with Crippen molar-refractivity contribution < 1.29 is 4.79 Å². The van der Waals surface area contributed by atoms with Crippen LogP contribution in [0.15, 0.2) is 36.4 Å². The number of ketones is 1. The molecule has 0 amide bonds. The first-order valence-corrected chi connectivity index (χ1v) is 7.55. The molecule has 0 aliphatic carbocycles. The van der Waals surface area contributed by atoms with Gasteiger partial charge in [-0.3, -0.25) is 4.79 Å². The number of anilines is 1. The third-order valence-electron chi connectivity index (χ3n) is 3.39. The Morgan fingerprint density at radius 1 is 1.26 bits per heavy atom. The fraction of sp³-hybridized carbons (Fsp3) is 0.267. The first-order chi connectivity index (χ1) is 9.24. The summed E-state index contributed by atoms with van der Waals surface area (Å²) in [6.07, 6.45) is 2.21. The third kappa shape index (κ3) is 2.67. The molecule has 0 unspecified atom stereocenters. The molecule has 0 bridgehead atoms. The average Bonchev–Trinajstić information content (AvgIpc) is 2.86. The molecule has 0 radical (unpaired) electrons. The SMILES string of the molecule is O=C(CN1CCCc2ccccc21)c1ccc(Cl)s1. The number of para-hydroxylation sites is 1.